The van der Waals surface area contributed by atoms with Crippen LogP contribution in [0.4, 0.5) is 4.39 Å². The van der Waals surface area contributed by atoms with Gasteiger partial charge in [-0.05, 0) is 47.9 Å². The topological polar surface area (TPSA) is 48.0 Å². The van der Waals surface area contributed by atoms with Crippen molar-refractivity contribution in [3.05, 3.63) is 65.1 Å². The number of aromatic hydroxyl groups is 1. The fourth-order valence-corrected chi connectivity index (χ4v) is 3.19. The molecule has 0 amide bonds. The van der Waals surface area contributed by atoms with Crippen molar-refractivity contribution in [2.75, 3.05) is 6.54 Å². The Balaban J connectivity index is 0.00000144. The molecule has 0 fully saturated rings. The van der Waals surface area contributed by atoms with Crippen LogP contribution >= 0.6 is 12.4 Å². The summed E-state index contributed by atoms with van der Waals surface area (Å²) < 4.78 is 13.5. The predicted octanol–water partition coefficient (Wildman–Crippen LogP) is 3.67. The number of benzene rings is 2. The molecular weight excluding hydrogens is 303 g/mol. The van der Waals surface area contributed by atoms with Crippen LogP contribution in [0.2, 0.25) is 0 Å². The first-order valence-corrected chi connectivity index (χ1v) is 7.05. The third-order valence-electron chi connectivity index (χ3n) is 4.12. The summed E-state index contributed by atoms with van der Waals surface area (Å²) >= 11 is 0. The van der Waals surface area contributed by atoms with E-state index in [1.807, 2.05) is 12.1 Å². The maximum Gasteiger partial charge on any atom is 0.123 e. The average Bonchev–Trinajstić information content (AvgIpc) is 2.85. The maximum atomic E-state index is 13.5. The number of halogens is 2. The molecule has 3 aromatic rings. The van der Waals surface area contributed by atoms with Gasteiger partial charge in [-0.15, -0.1) is 12.4 Å². The van der Waals surface area contributed by atoms with E-state index < -0.39 is 0 Å². The third kappa shape index (κ3) is 2.34. The highest BCUT2D eigenvalue weighted by Crippen LogP contribution is 2.34. The minimum atomic E-state index is -0.211. The maximum absolute atomic E-state index is 13.5. The van der Waals surface area contributed by atoms with Crippen molar-refractivity contribution in [2.24, 2.45) is 0 Å². The number of fused-ring (bicyclic) bond motifs is 3. The molecule has 5 heteroatoms. The van der Waals surface area contributed by atoms with Gasteiger partial charge in [0.1, 0.15) is 11.6 Å². The normalized spacial score (nSPS) is 17.0. The van der Waals surface area contributed by atoms with Crippen LogP contribution in [0.1, 0.15) is 22.9 Å². The molecule has 0 aliphatic carbocycles. The van der Waals surface area contributed by atoms with Gasteiger partial charge in [0.05, 0.1) is 6.04 Å². The van der Waals surface area contributed by atoms with Gasteiger partial charge < -0.3 is 15.4 Å². The van der Waals surface area contributed by atoms with E-state index in [1.54, 1.807) is 24.3 Å². The molecular formula is C17H16ClFN2O. The van der Waals surface area contributed by atoms with Crippen LogP contribution in [0.3, 0.4) is 0 Å². The number of phenolic OH excluding ortho intramolecular Hbond substituents is 1. The quantitative estimate of drug-likeness (QED) is 0.641. The molecule has 1 atom stereocenters. The van der Waals surface area contributed by atoms with Crippen molar-refractivity contribution in [3.8, 4) is 5.75 Å². The molecule has 22 heavy (non-hydrogen) atoms. The number of rotatable bonds is 1. The lowest BCUT2D eigenvalue weighted by Crippen LogP contribution is -2.30. The molecule has 0 saturated carbocycles. The van der Waals surface area contributed by atoms with Crippen molar-refractivity contribution in [3.63, 3.8) is 0 Å². The average molecular weight is 319 g/mol. The van der Waals surface area contributed by atoms with Gasteiger partial charge in [0, 0.05) is 23.1 Å². The number of phenols is 1. The van der Waals surface area contributed by atoms with E-state index >= 15 is 0 Å². The van der Waals surface area contributed by atoms with E-state index in [4.69, 9.17) is 0 Å². The molecule has 1 unspecified atom stereocenters. The summed E-state index contributed by atoms with van der Waals surface area (Å²) in [7, 11) is 0. The van der Waals surface area contributed by atoms with Crippen LogP contribution in [0.5, 0.6) is 5.75 Å². The lowest BCUT2D eigenvalue weighted by Gasteiger charge is -2.24. The molecule has 0 bridgehead atoms. The summed E-state index contributed by atoms with van der Waals surface area (Å²) in [6.45, 7) is 0.830. The second kappa shape index (κ2) is 5.63. The van der Waals surface area contributed by atoms with Gasteiger partial charge in [-0.3, -0.25) is 0 Å². The van der Waals surface area contributed by atoms with Gasteiger partial charge in [-0.25, -0.2) is 4.39 Å². The largest absolute Gasteiger partial charge is 0.508 e. The Kier molecular flexibility index (Phi) is 3.81. The Morgan fingerprint density at radius 3 is 2.82 bits per heavy atom. The highest BCUT2D eigenvalue weighted by Gasteiger charge is 2.25. The van der Waals surface area contributed by atoms with Crippen molar-refractivity contribution >= 4 is 23.3 Å². The Bertz CT molecular complexity index is 831. The second-order valence-corrected chi connectivity index (χ2v) is 5.44. The predicted molar refractivity (Wildman–Crippen MR) is 87.2 cm³/mol. The number of hydrogen-bond acceptors (Lipinski definition) is 2. The Hall–Kier alpha value is -2.04. The summed E-state index contributed by atoms with van der Waals surface area (Å²) in [4.78, 5) is 3.40. The lowest BCUT2D eigenvalue weighted by atomic mass is 9.94. The Labute approximate surface area is 133 Å². The van der Waals surface area contributed by atoms with Gasteiger partial charge in [-0.2, -0.15) is 0 Å². The van der Waals surface area contributed by atoms with Gasteiger partial charge in [0.2, 0.25) is 0 Å². The number of aromatic amines is 1. The van der Waals surface area contributed by atoms with E-state index in [0.717, 1.165) is 40.7 Å². The van der Waals surface area contributed by atoms with E-state index in [9.17, 15) is 9.50 Å². The number of H-pyrrole nitrogens is 1. The molecule has 0 spiro atoms. The summed E-state index contributed by atoms with van der Waals surface area (Å²) in [6.07, 6.45) is 0.869. The minimum Gasteiger partial charge on any atom is -0.508 e. The molecule has 3 N–H and O–H groups in total. The highest BCUT2D eigenvalue weighted by atomic mass is 35.5. The molecule has 114 valence electrons. The zero-order valence-corrected chi connectivity index (χ0v) is 12.6. The molecule has 0 radical (unpaired) electrons. The monoisotopic (exact) mass is 318 g/mol. The van der Waals surface area contributed by atoms with Crippen LogP contribution in [0, 0.1) is 5.82 Å². The first-order valence-electron chi connectivity index (χ1n) is 7.05. The van der Waals surface area contributed by atoms with Crippen LogP contribution in [-0.2, 0) is 6.42 Å². The standard InChI is InChI=1S/C17H15FN2O.ClH/c18-11-4-5-15-14(9-11)13-6-7-19-16(17(13)20-15)10-2-1-3-12(21)8-10;/h1-5,8-9,16,19-21H,6-7H2;1H. The van der Waals surface area contributed by atoms with Crippen LogP contribution in [0.15, 0.2) is 42.5 Å². The SMILES string of the molecule is Cl.Oc1cccc(C2NCCc3c2[nH]c2ccc(F)cc32)c1. The fourth-order valence-electron chi connectivity index (χ4n) is 3.19. The minimum absolute atomic E-state index is 0. The van der Waals surface area contributed by atoms with Crippen molar-refractivity contribution < 1.29 is 9.50 Å². The Morgan fingerprint density at radius 2 is 2.00 bits per heavy atom. The first-order chi connectivity index (χ1) is 10.2. The van der Waals surface area contributed by atoms with Crippen molar-refractivity contribution in [1.82, 2.24) is 10.3 Å². The molecule has 3 nitrogen and oxygen atoms in total. The smallest absolute Gasteiger partial charge is 0.123 e. The molecule has 4 rings (SSSR count). The van der Waals surface area contributed by atoms with Crippen molar-refractivity contribution in [2.45, 2.75) is 12.5 Å². The zero-order chi connectivity index (χ0) is 14.4. The first kappa shape index (κ1) is 14.9. The lowest BCUT2D eigenvalue weighted by molar-refractivity contribution is 0.472. The van der Waals surface area contributed by atoms with Gasteiger partial charge in [0.15, 0.2) is 0 Å². The third-order valence-corrected chi connectivity index (χ3v) is 4.12. The molecule has 1 aromatic heterocycles. The zero-order valence-electron chi connectivity index (χ0n) is 11.8. The number of aromatic nitrogens is 1. The van der Waals surface area contributed by atoms with Gasteiger partial charge in [0.25, 0.3) is 0 Å². The van der Waals surface area contributed by atoms with Crippen molar-refractivity contribution in [1.29, 1.82) is 0 Å². The summed E-state index contributed by atoms with van der Waals surface area (Å²) in [5.41, 5.74) is 4.18. The van der Waals surface area contributed by atoms with E-state index in [2.05, 4.69) is 10.3 Å². The Morgan fingerprint density at radius 1 is 1.14 bits per heavy atom. The molecule has 0 saturated heterocycles. The summed E-state index contributed by atoms with van der Waals surface area (Å²) in [6, 6.07) is 12.1. The van der Waals surface area contributed by atoms with Crippen LogP contribution in [-0.4, -0.2) is 16.6 Å². The summed E-state index contributed by atoms with van der Waals surface area (Å²) in [5.74, 6) is 0.0420. The molecule has 1 aliphatic heterocycles. The van der Waals surface area contributed by atoms with Gasteiger partial charge in [-0.1, -0.05) is 12.1 Å². The summed E-state index contributed by atoms with van der Waals surface area (Å²) in [5, 5.41) is 14.1. The van der Waals surface area contributed by atoms with Crippen LogP contribution < -0.4 is 5.32 Å². The number of hydrogen-bond donors (Lipinski definition) is 3. The van der Waals surface area contributed by atoms with E-state index in [-0.39, 0.29) is 30.0 Å². The highest BCUT2D eigenvalue weighted by molar-refractivity contribution is 5.86. The molecule has 2 aromatic carbocycles. The molecule has 1 aliphatic rings. The fraction of sp³-hybridized carbons (Fsp3) is 0.176. The second-order valence-electron chi connectivity index (χ2n) is 5.44. The van der Waals surface area contributed by atoms with Crippen LogP contribution in [0.25, 0.3) is 10.9 Å². The van der Waals surface area contributed by atoms with E-state index in [0.29, 0.717) is 0 Å². The number of nitrogens with one attached hydrogen (secondary N) is 2. The van der Waals surface area contributed by atoms with Gasteiger partial charge >= 0.3 is 0 Å². The van der Waals surface area contributed by atoms with E-state index in [1.165, 1.54) is 6.07 Å². The molecule has 2 heterocycles.